The van der Waals surface area contributed by atoms with Crippen molar-refractivity contribution in [3.63, 3.8) is 0 Å². The average molecular weight is 267 g/mol. The van der Waals surface area contributed by atoms with E-state index >= 15 is 0 Å². The molecule has 18 heavy (non-hydrogen) atoms. The molecule has 1 fully saturated rings. The number of benzene rings is 1. The summed E-state index contributed by atoms with van der Waals surface area (Å²) in [6.07, 6.45) is 3.29. The van der Waals surface area contributed by atoms with E-state index in [0.717, 1.165) is 29.2 Å². The van der Waals surface area contributed by atoms with Gasteiger partial charge in [-0.2, -0.15) is 0 Å². The maximum Gasteiger partial charge on any atom is 0.125 e. The normalized spacial score (nSPS) is 17.3. The summed E-state index contributed by atoms with van der Waals surface area (Å²) in [5.41, 5.74) is 1.76. The van der Waals surface area contributed by atoms with Crippen molar-refractivity contribution in [2.75, 3.05) is 5.88 Å². The first-order chi connectivity index (χ1) is 8.70. The number of alkyl halides is 1. The van der Waals surface area contributed by atoms with E-state index in [9.17, 15) is 4.39 Å². The number of fused-ring (bicyclic) bond motifs is 1. The summed E-state index contributed by atoms with van der Waals surface area (Å²) in [5, 5.41) is 0. The minimum atomic E-state index is -0.233. The molecule has 1 atom stereocenters. The Morgan fingerprint density at radius 1 is 1.50 bits per heavy atom. The van der Waals surface area contributed by atoms with Crippen LogP contribution in [0.3, 0.4) is 0 Å². The van der Waals surface area contributed by atoms with Crippen LogP contribution >= 0.6 is 11.6 Å². The third-order valence-corrected chi connectivity index (χ3v) is 3.94. The second kappa shape index (κ2) is 4.54. The quantitative estimate of drug-likeness (QED) is 0.767. The molecule has 3 rings (SSSR count). The van der Waals surface area contributed by atoms with E-state index in [2.05, 4.69) is 16.5 Å². The zero-order valence-electron chi connectivity index (χ0n) is 10.4. The van der Waals surface area contributed by atoms with Gasteiger partial charge in [-0.1, -0.05) is 0 Å². The molecule has 1 aliphatic carbocycles. The molecule has 1 heterocycles. The Balaban J connectivity index is 2.14. The fraction of sp³-hybridized carbons (Fsp3) is 0.500. The van der Waals surface area contributed by atoms with Gasteiger partial charge in [0, 0.05) is 24.4 Å². The zero-order valence-corrected chi connectivity index (χ0v) is 11.1. The highest BCUT2D eigenvalue weighted by molar-refractivity contribution is 6.17. The van der Waals surface area contributed by atoms with Crippen LogP contribution in [0, 0.1) is 11.7 Å². The van der Waals surface area contributed by atoms with E-state index < -0.39 is 0 Å². The first-order valence-electron chi connectivity index (χ1n) is 6.43. The molecule has 0 saturated heterocycles. The predicted molar refractivity (Wildman–Crippen MR) is 71.6 cm³/mol. The van der Waals surface area contributed by atoms with Crippen molar-refractivity contribution in [3.05, 3.63) is 29.8 Å². The van der Waals surface area contributed by atoms with Crippen molar-refractivity contribution in [1.29, 1.82) is 0 Å². The van der Waals surface area contributed by atoms with Gasteiger partial charge >= 0.3 is 0 Å². The van der Waals surface area contributed by atoms with E-state index in [0.29, 0.717) is 11.9 Å². The number of aryl methyl sites for hydroxylation is 1. The van der Waals surface area contributed by atoms with Crippen molar-refractivity contribution in [2.24, 2.45) is 5.92 Å². The minimum Gasteiger partial charge on any atom is -0.325 e. The van der Waals surface area contributed by atoms with Crippen LogP contribution < -0.4 is 0 Å². The Hall–Kier alpha value is -1.09. The number of rotatable bonds is 4. The molecular formula is C14H16ClFN2. The van der Waals surface area contributed by atoms with Crippen LogP contribution in [0.4, 0.5) is 4.39 Å². The SMILES string of the molecule is CC(C1CC1)n1c(CCCl)nc2cc(F)ccc21. The molecule has 0 spiro atoms. The van der Waals surface area contributed by atoms with E-state index in [4.69, 9.17) is 11.6 Å². The lowest BCUT2D eigenvalue weighted by Gasteiger charge is -2.16. The third kappa shape index (κ3) is 2.01. The highest BCUT2D eigenvalue weighted by Gasteiger charge is 2.31. The molecule has 1 unspecified atom stereocenters. The monoisotopic (exact) mass is 266 g/mol. The van der Waals surface area contributed by atoms with Crippen LogP contribution in [-0.2, 0) is 6.42 Å². The molecule has 0 N–H and O–H groups in total. The van der Waals surface area contributed by atoms with Crippen LogP contribution in [0.1, 0.15) is 31.6 Å². The van der Waals surface area contributed by atoms with Crippen LogP contribution in [-0.4, -0.2) is 15.4 Å². The van der Waals surface area contributed by atoms with Gasteiger partial charge in [0.1, 0.15) is 11.6 Å². The highest BCUT2D eigenvalue weighted by Crippen LogP contribution is 2.41. The van der Waals surface area contributed by atoms with Crippen molar-refractivity contribution in [1.82, 2.24) is 9.55 Å². The Morgan fingerprint density at radius 3 is 2.94 bits per heavy atom. The number of imidazole rings is 1. The topological polar surface area (TPSA) is 17.8 Å². The molecule has 0 radical (unpaired) electrons. The number of hydrogen-bond donors (Lipinski definition) is 0. The number of halogens is 2. The Bertz CT molecular complexity index is 574. The van der Waals surface area contributed by atoms with Crippen LogP contribution in [0.2, 0.25) is 0 Å². The van der Waals surface area contributed by atoms with Gasteiger partial charge in [-0.25, -0.2) is 9.37 Å². The lowest BCUT2D eigenvalue weighted by Crippen LogP contribution is -2.11. The van der Waals surface area contributed by atoms with Gasteiger partial charge in [-0.3, -0.25) is 0 Å². The smallest absolute Gasteiger partial charge is 0.125 e. The van der Waals surface area contributed by atoms with E-state index in [1.807, 2.05) is 6.07 Å². The molecule has 1 saturated carbocycles. The van der Waals surface area contributed by atoms with Gasteiger partial charge in [-0.15, -0.1) is 11.6 Å². The van der Waals surface area contributed by atoms with Gasteiger partial charge in [0.2, 0.25) is 0 Å². The standard InChI is InChI=1S/C14H16ClFN2/c1-9(10-2-3-10)18-13-5-4-11(16)8-12(13)17-14(18)6-7-15/h4-5,8-10H,2-3,6-7H2,1H3. The molecule has 0 aliphatic heterocycles. The highest BCUT2D eigenvalue weighted by atomic mass is 35.5. The van der Waals surface area contributed by atoms with Gasteiger partial charge in [0.15, 0.2) is 0 Å². The maximum atomic E-state index is 13.3. The largest absolute Gasteiger partial charge is 0.325 e. The molecule has 2 aromatic rings. The molecule has 4 heteroatoms. The summed E-state index contributed by atoms with van der Waals surface area (Å²) in [6.45, 7) is 2.22. The van der Waals surface area contributed by atoms with Crippen LogP contribution in [0.25, 0.3) is 11.0 Å². The maximum absolute atomic E-state index is 13.3. The molecule has 0 amide bonds. The first-order valence-corrected chi connectivity index (χ1v) is 6.96. The minimum absolute atomic E-state index is 0.233. The van der Waals surface area contributed by atoms with Crippen LogP contribution in [0.5, 0.6) is 0 Å². The number of nitrogens with zero attached hydrogens (tertiary/aromatic N) is 2. The summed E-state index contributed by atoms with van der Waals surface area (Å²) in [7, 11) is 0. The molecule has 96 valence electrons. The molecule has 1 aromatic heterocycles. The average Bonchev–Trinajstić information content (AvgIpc) is 3.11. The Labute approximate surface area is 111 Å². The van der Waals surface area contributed by atoms with E-state index in [1.165, 1.54) is 25.0 Å². The van der Waals surface area contributed by atoms with Crippen molar-refractivity contribution >= 4 is 22.6 Å². The number of aromatic nitrogens is 2. The van der Waals surface area contributed by atoms with Gasteiger partial charge in [-0.05, 0) is 37.8 Å². The molecular weight excluding hydrogens is 251 g/mol. The molecule has 2 nitrogen and oxygen atoms in total. The lowest BCUT2D eigenvalue weighted by molar-refractivity contribution is 0.481. The summed E-state index contributed by atoms with van der Waals surface area (Å²) >= 11 is 5.84. The van der Waals surface area contributed by atoms with Gasteiger partial charge in [0.25, 0.3) is 0 Å². The predicted octanol–water partition coefficient (Wildman–Crippen LogP) is 3.93. The summed E-state index contributed by atoms with van der Waals surface area (Å²) in [5.74, 6) is 2.03. The second-order valence-electron chi connectivity index (χ2n) is 5.05. The lowest BCUT2D eigenvalue weighted by atomic mass is 10.2. The van der Waals surface area contributed by atoms with E-state index in [-0.39, 0.29) is 5.82 Å². The summed E-state index contributed by atoms with van der Waals surface area (Å²) < 4.78 is 15.5. The Kier molecular flexibility index (Phi) is 3.02. The first kappa shape index (κ1) is 12.0. The zero-order chi connectivity index (χ0) is 12.7. The molecule has 1 aliphatic rings. The van der Waals surface area contributed by atoms with E-state index in [1.54, 1.807) is 0 Å². The van der Waals surface area contributed by atoms with Gasteiger partial charge in [0.05, 0.1) is 11.0 Å². The van der Waals surface area contributed by atoms with Crippen molar-refractivity contribution in [2.45, 2.75) is 32.2 Å². The molecule has 0 bridgehead atoms. The molecule has 1 aromatic carbocycles. The Morgan fingerprint density at radius 2 is 2.28 bits per heavy atom. The summed E-state index contributed by atoms with van der Waals surface area (Å²) in [6, 6.07) is 5.26. The summed E-state index contributed by atoms with van der Waals surface area (Å²) in [4.78, 5) is 4.53. The number of hydrogen-bond acceptors (Lipinski definition) is 1. The fourth-order valence-corrected chi connectivity index (χ4v) is 2.80. The second-order valence-corrected chi connectivity index (χ2v) is 5.43. The fourth-order valence-electron chi connectivity index (χ4n) is 2.63. The van der Waals surface area contributed by atoms with Crippen LogP contribution in [0.15, 0.2) is 18.2 Å². The van der Waals surface area contributed by atoms with Crippen molar-refractivity contribution < 1.29 is 4.39 Å². The van der Waals surface area contributed by atoms with Crippen molar-refractivity contribution in [3.8, 4) is 0 Å². The van der Waals surface area contributed by atoms with Gasteiger partial charge < -0.3 is 4.57 Å². The third-order valence-electron chi connectivity index (χ3n) is 3.75.